The molecule has 1 N–H and O–H groups in total. The van der Waals surface area contributed by atoms with E-state index in [0.29, 0.717) is 6.42 Å². The van der Waals surface area contributed by atoms with Crippen LogP contribution in [0.3, 0.4) is 0 Å². The van der Waals surface area contributed by atoms with Crippen molar-refractivity contribution >= 4 is 17.5 Å². The van der Waals surface area contributed by atoms with E-state index in [-0.39, 0.29) is 75.6 Å². The SMILES string of the molecule is COC(=O)[C@@H]1CC(C)(C)C[C@@H]2C1CC[C@]1(C)[C@@H]2C(=O)C=C2[C@@]3(C)C=C(C#N)C(=O)[C@@](C)(CCO)[C@@H]3CC[C@]21C. The summed E-state index contributed by atoms with van der Waals surface area (Å²) >= 11 is 0. The molecule has 0 saturated heterocycles. The summed E-state index contributed by atoms with van der Waals surface area (Å²) in [6, 6.07) is 2.15. The van der Waals surface area contributed by atoms with Gasteiger partial charge in [-0.05, 0) is 85.0 Å². The number of ketones is 2. The van der Waals surface area contributed by atoms with E-state index in [4.69, 9.17) is 4.74 Å². The molecule has 3 saturated carbocycles. The molecular formula is C33H45NO5. The topological polar surface area (TPSA) is 104 Å². The molecule has 0 aromatic heterocycles. The first-order valence-corrected chi connectivity index (χ1v) is 14.8. The van der Waals surface area contributed by atoms with Crippen molar-refractivity contribution in [1.29, 1.82) is 5.26 Å². The first-order valence-electron chi connectivity index (χ1n) is 14.8. The Morgan fingerprint density at radius 2 is 1.77 bits per heavy atom. The van der Waals surface area contributed by atoms with Gasteiger partial charge in [0.2, 0.25) is 0 Å². The van der Waals surface area contributed by atoms with Crippen LogP contribution in [0.25, 0.3) is 0 Å². The monoisotopic (exact) mass is 535 g/mol. The molecule has 5 rings (SSSR count). The molecule has 0 bridgehead atoms. The molecule has 6 heteroatoms. The smallest absolute Gasteiger partial charge is 0.308 e. The Hall–Kier alpha value is -2.26. The van der Waals surface area contributed by atoms with Crippen molar-refractivity contribution in [2.75, 3.05) is 13.7 Å². The predicted octanol–water partition coefficient (Wildman–Crippen LogP) is 5.60. The van der Waals surface area contributed by atoms with Gasteiger partial charge in [-0.15, -0.1) is 0 Å². The molecule has 3 fully saturated rings. The molecule has 212 valence electrons. The van der Waals surface area contributed by atoms with Gasteiger partial charge in [-0.1, -0.05) is 53.2 Å². The van der Waals surface area contributed by atoms with E-state index in [9.17, 15) is 24.8 Å². The standard InChI is InChI=1S/C33H45NO5/c1-29(2)16-21-20(22(17-29)28(38)39-7)8-10-33(6)26(21)23(36)14-25-31(4)15-19(18-34)27(37)30(3,12-13-35)24(31)9-11-32(25,33)5/h14-15,20-22,24,26,35H,8-13,16-17H2,1-7H3/t20?,21-,22-,24+,26+,30+,31+,32-,33-/m1/s1. The van der Waals surface area contributed by atoms with Crippen molar-refractivity contribution in [2.45, 2.75) is 86.5 Å². The molecular weight excluding hydrogens is 490 g/mol. The summed E-state index contributed by atoms with van der Waals surface area (Å²) in [6.07, 6.45) is 9.13. The first-order chi connectivity index (χ1) is 18.1. The predicted molar refractivity (Wildman–Crippen MR) is 147 cm³/mol. The molecule has 0 aromatic carbocycles. The number of esters is 1. The van der Waals surface area contributed by atoms with Gasteiger partial charge in [-0.25, -0.2) is 0 Å². The summed E-state index contributed by atoms with van der Waals surface area (Å²) in [5.41, 5.74) is -0.935. The van der Waals surface area contributed by atoms with E-state index < -0.39 is 10.8 Å². The summed E-state index contributed by atoms with van der Waals surface area (Å²) in [5.74, 6) is -0.397. The van der Waals surface area contributed by atoms with Gasteiger partial charge >= 0.3 is 5.97 Å². The number of nitrogens with zero attached hydrogens (tertiary/aromatic N) is 1. The Bertz CT molecular complexity index is 1220. The fourth-order valence-electron chi connectivity index (χ4n) is 10.7. The second-order valence-corrected chi connectivity index (χ2v) is 15.0. The van der Waals surface area contributed by atoms with Gasteiger partial charge in [0, 0.05) is 23.4 Å². The molecule has 39 heavy (non-hydrogen) atoms. The van der Waals surface area contributed by atoms with Gasteiger partial charge in [0.25, 0.3) is 0 Å². The van der Waals surface area contributed by atoms with Crippen molar-refractivity contribution in [2.24, 2.45) is 56.7 Å². The molecule has 0 heterocycles. The number of allylic oxidation sites excluding steroid dienone is 4. The van der Waals surface area contributed by atoms with Crippen molar-refractivity contribution in [3.8, 4) is 6.07 Å². The summed E-state index contributed by atoms with van der Waals surface area (Å²) < 4.78 is 5.25. The van der Waals surface area contributed by atoms with E-state index in [1.54, 1.807) is 0 Å². The lowest BCUT2D eigenvalue weighted by molar-refractivity contribution is -0.172. The third kappa shape index (κ3) is 3.64. The van der Waals surface area contributed by atoms with Crippen LogP contribution in [-0.2, 0) is 19.1 Å². The fraction of sp³-hybridized carbons (Fsp3) is 0.758. The number of aliphatic hydroxyl groups excluding tert-OH is 1. The highest BCUT2D eigenvalue weighted by atomic mass is 16.5. The first kappa shape index (κ1) is 28.3. The van der Waals surface area contributed by atoms with Crippen LogP contribution < -0.4 is 0 Å². The van der Waals surface area contributed by atoms with Gasteiger partial charge in [0.1, 0.15) is 6.07 Å². The van der Waals surface area contributed by atoms with E-state index in [1.165, 1.54) is 7.11 Å². The summed E-state index contributed by atoms with van der Waals surface area (Å²) in [7, 11) is 1.47. The Labute approximate surface area is 233 Å². The minimum atomic E-state index is -0.856. The molecule has 0 radical (unpaired) electrons. The highest BCUT2D eigenvalue weighted by Gasteiger charge is 2.69. The number of carbonyl (C=O) groups excluding carboxylic acids is 3. The molecule has 0 aliphatic heterocycles. The average molecular weight is 536 g/mol. The molecule has 5 aliphatic rings. The number of carbonyl (C=O) groups is 3. The lowest BCUT2D eigenvalue weighted by Gasteiger charge is -2.68. The highest BCUT2D eigenvalue weighted by molar-refractivity contribution is 6.05. The van der Waals surface area contributed by atoms with Crippen LogP contribution in [0.5, 0.6) is 0 Å². The van der Waals surface area contributed by atoms with Crippen LogP contribution in [0, 0.1) is 68.0 Å². The van der Waals surface area contributed by atoms with E-state index in [0.717, 1.165) is 44.1 Å². The molecule has 6 nitrogen and oxygen atoms in total. The highest BCUT2D eigenvalue weighted by Crippen LogP contribution is 2.73. The molecule has 9 atom stereocenters. The number of Topliss-reactive ketones (excluding diaryl/α,β-unsaturated/α-hetero) is 1. The maximum absolute atomic E-state index is 14.4. The van der Waals surface area contributed by atoms with Gasteiger partial charge in [0.15, 0.2) is 11.6 Å². The number of aliphatic hydroxyl groups is 1. The molecule has 5 aliphatic carbocycles. The van der Waals surface area contributed by atoms with Gasteiger partial charge in [-0.3, -0.25) is 14.4 Å². The zero-order valence-electron chi connectivity index (χ0n) is 24.7. The number of fused-ring (bicyclic) bond motifs is 7. The minimum Gasteiger partial charge on any atom is -0.469 e. The Morgan fingerprint density at radius 3 is 2.38 bits per heavy atom. The third-order valence-electron chi connectivity index (χ3n) is 12.7. The number of rotatable bonds is 3. The van der Waals surface area contributed by atoms with E-state index in [2.05, 4.69) is 40.7 Å². The van der Waals surface area contributed by atoms with Crippen LogP contribution in [0.15, 0.2) is 23.3 Å². The number of nitriles is 1. The summed E-state index contributed by atoms with van der Waals surface area (Å²) in [4.78, 5) is 40.8. The van der Waals surface area contributed by atoms with Gasteiger partial charge in [0.05, 0.1) is 18.6 Å². The number of hydrogen-bond acceptors (Lipinski definition) is 6. The zero-order valence-corrected chi connectivity index (χ0v) is 24.7. The maximum atomic E-state index is 14.4. The Balaban J connectivity index is 1.66. The maximum Gasteiger partial charge on any atom is 0.308 e. The van der Waals surface area contributed by atoms with Crippen LogP contribution >= 0.6 is 0 Å². The van der Waals surface area contributed by atoms with Crippen molar-refractivity contribution in [3.63, 3.8) is 0 Å². The normalized spacial score (nSPS) is 46.4. The second kappa shape index (κ2) is 8.87. The van der Waals surface area contributed by atoms with E-state index in [1.807, 2.05) is 19.1 Å². The molecule has 0 amide bonds. The van der Waals surface area contributed by atoms with Crippen molar-refractivity contribution < 1.29 is 24.2 Å². The quantitative estimate of drug-likeness (QED) is 0.472. The average Bonchev–Trinajstić information content (AvgIpc) is 2.86. The lowest BCUT2D eigenvalue weighted by atomic mass is 9.35. The van der Waals surface area contributed by atoms with Crippen LogP contribution in [0.2, 0.25) is 0 Å². The largest absolute Gasteiger partial charge is 0.469 e. The summed E-state index contributed by atoms with van der Waals surface area (Å²) in [5, 5.41) is 19.9. The summed E-state index contributed by atoms with van der Waals surface area (Å²) in [6.45, 7) is 12.9. The minimum absolute atomic E-state index is 0.0621. The zero-order chi connectivity index (χ0) is 28.8. The fourth-order valence-corrected chi connectivity index (χ4v) is 10.7. The van der Waals surface area contributed by atoms with Crippen LogP contribution in [0.4, 0.5) is 0 Å². The molecule has 1 unspecified atom stereocenters. The third-order valence-corrected chi connectivity index (χ3v) is 12.7. The lowest BCUT2D eigenvalue weighted by Crippen LogP contribution is -2.64. The number of methoxy groups -OCH3 is 1. The number of ether oxygens (including phenoxy) is 1. The van der Waals surface area contributed by atoms with E-state index >= 15 is 0 Å². The van der Waals surface area contributed by atoms with Crippen molar-refractivity contribution in [3.05, 3.63) is 23.3 Å². The Morgan fingerprint density at radius 1 is 1.08 bits per heavy atom. The second-order valence-electron chi connectivity index (χ2n) is 15.0. The number of hydrogen-bond donors (Lipinski definition) is 1. The van der Waals surface area contributed by atoms with Crippen LogP contribution in [-0.4, -0.2) is 36.4 Å². The molecule has 0 spiro atoms. The van der Waals surface area contributed by atoms with Gasteiger partial charge < -0.3 is 9.84 Å². The molecule has 0 aromatic rings. The van der Waals surface area contributed by atoms with Gasteiger partial charge in [-0.2, -0.15) is 5.26 Å². The van der Waals surface area contributed by atoms with Crippen molar-refractivity contribution in [1.82, 2.24) is 0 Å². The van der Waals surface area contributed by atoms with Crippen LogP contribution in [0.1, 0.15) is 86.5 Å². The Kier molecular flexibility index (Phi) is 6.43.